The lowest BCUT2D eigenvalue weighted by Gasteiger charge is -2.41. The summed E-state index contributed by atoms with van der Waals surface area (Å²) in [5, 5.41) is 3.31. The van der Waals surface area contributed by atoms with Crippen molar-refractivity contribution in [2.75, 3.05) is 18.4 Å². The third kappa shape index (κ3) is 3.55. The van der Waals surface area contributed by atoms with Gasteiger partial charge in [0, 0.05) is 25.3 Å². The van der Waals surface area contributed by atoms with Crippen molar-refractivity contribution in [2.45, 2.75) is 46.6 Å². The van der Waals surface area contributed by atoms with Crippen LogP contribution in [-0.2, 0) is 0 Å². The minimum absolute atomic E-state index is 0.127. The van der Waals surface area contributed by atoms with E-state index in [1.807, 2.05) is 11.0 Å². The molecule has 0 bridgehead atoms. The third-order valence-corrected chi connectivity index (χ3v) is 4.48. The molecule has 1 aromatic rings. The van der Waals surface area contributed by atoms with Crippen LogP contribution >= 0.6 is 0 Å². The van der Waals surface area contributed by atoms with Crippen LogP contribution in [0.1, 0.15) is 50.9 Å². The molecule has 21 heavy (non-hydrogen) atoms. The van der Waals surface area contributed by atoms with Gasteiger partial charge in [-0.15, -0.1) is 0 Å². The molecule has 4 heteroatoms. The zero-order chi connectivity index (χ0) is 15.4. The van der Waals surface area contributed by atoms with Gasteiger partial charge in [-0.1, -0.05) is 20.8 Å². The fraction of sp³-hybridized carbons (Fsp3) is 0.647. The molecule has 0 saturated carbocycles. The maximum absolute atomic E-state index is 12.9. The number of nitrogens with one attached hydrogen (secondary N) is 1. The number of anilines is 1. The molecule has 116 valence electrons. The van der Waals surface area contributed by atoms with E-state index >= 15 is 0 Å². The van der Waals surface area contributed by atoms with Crippen molar-refractivity contribution in [1.82, 2.24) is 9.88 Å². The van der Waals surface area contributed by atoms with Crippen LogP contribution in [0.3, 0.4) is 0 Å². The molecule has 4 nitrogen and oxygen atoms in total. The maximum atomic E-state index is 12.9. The molecule has 0 spiro atoms. The lowest BCUT2D eigenvalue weighted by atomic mass is 9.85. The summed E-state index contributed by atoms with van der Waals surface area (Å²) >= 11 is 0. The minimum atomic E-state index is 0.127. The van der Waals surface area contributed by atoms with Gasteiger partial charge in [-0.25, -0.2) is 0 Å². The minimum Gasteiger partial charge on any atom is -0.383 e. The molecule has 1 amide bonds. The molecule has 0 aliphatic carbocycles. The molecule has 1 aromatic heterocycles. The smallest absolute Gasteiger partial charge is 0.256 e. The van der Waals surface area contributed by atoms with E-state index in [4.69, 9.17) is 0 Å². The van der Waals surface area contributed by atoms with Crippen molar-refractivity contribution >= 4 is 11.6 Å². The maximum Gasteiger partial charge on any atom is 0.256 e. The van der Waals surface area contributed by atoms with E-state index in [2.05, 4.69) is 38.0 Å². The van der Waals surface area contributed by atoms with Crippen LogP contribution in [0.4, 0.5) is 5.69 Å². The number of piperidine rings is 1. The molecule has 3 atom stereocenters. The predicted molar refractivity (Wildman–Crippen MR) is 86.5 cm³/mol. The van der Waals surface area contributed by atoms with Crippen LogP contribution in [0, 0.1) is 11.8 Å². The Morgan fingerprint density at radius 3 is 2.90 bits per heavy atom. The summed E-state index contributed by atoms with van der Waals surface area (Å²) in [5.41, 5.74) is 1.59. The zero-order valence-electron chi connectivity index (χ0n) is 13.6. The Morgan fingerprint density at radius 1 is 1.43 bits per heavy atom. The van der Waals surface area contributed by atoms with Crippen LogP contribution in [0.5, 0.6) is 0 Å². The highest BCUT2D eigenvalue weighted by molar-refractivity contribution is 5.99. The second-order valence-electron chi connectivity index (χ2n) is 6.36. The molecule has 1 fully saturated rings. The fourth-order valence-corrected chi connectivity index (χ4v) is 3.12. The summed E-state index contributed by atoms with van der Waals surface area (Å²) in [5.74, 6) is 1.24. The Kier molecular flexibility index (Phi) is 5.21. The van der Waals surface area contributed by atoms with Crippen LogP contribution in [0.15, 0.2) is 18.5 Å². The molecule has 1 N–H and O–H groups in total. The quantitative estimate of drug-likeness (QED) is 0.924. The van der Waals surface area contributed by atoms with E-state index < -0.39 is 0 Å². The monoisotopic (exact) mass is 289 g/mol. The standard InChI is InChI=1S/C17H27N3O/c1-5-7-19-16-10-18-8-6-15(16)17(21)20-11-12(2)9-13(3)14(20)4/h6,8,10,12-14,19H,5,7,9,11H2,1-4H3. The van der Waals surface area contributed by atoms with E-state index in [-0.39, 0.29) is 5.91 Å². The Hall–Kier alpha value is -1.58. The van der Waals surface area contributed by atoms with Gasteiger partial charge in [0.1, 0.15) is 0 Å². The molecule has 2 rings (SSSR count). The topological polar surface area (TPSA) is 45.2 Å². The first-order valence-corrected chi connectivity index (χ1v) is 8.03. The van der Waals surface area contributed by atoms with Gasteiger partial charge in [-0.3, -0.25) is 9.78 Å². The summed E-state index contributed by atoms with van der Waals surface area (Å²) in [7, 11) is 0. The molecule has 0 aromatic carbocycles. The van der Waals surface area contributed by atoms with Crippen molar-refractivity contribution < 1.29 is 4.79 Å². The Labute approximate surface area is 127 Å². The third-order valence-electron chi connectivity index (χ3n) is 4.48. The highest BCUT2D eigenvalue weighted by atomic mass is 16.2. The summed E-state index contributed by atoms with van der Waals surface area (Å²) in [6.45, 7) is 10.4. The summed E-state index contributed by atoms with van der Waals surface area (Å²) in [6.07, 6.45) is 5.68. The Bertz CT molecular complexity index is 489. The second-order valence-corrected chi connectivity index (χ2v) is 6.36. The molecule has 1 saturated heterocycles. The highest BCUT2D eigenvalue weighted by Crippen LogP contribution is 2.29. The number of rotatable bonds is 4. The van der Waals surface area contributed by atoms with Crippen molar-refractivity contribution in [1.29, 1.82) is 0 Å². The first-order valence-electron chi connectivity index (χ1n) is 8.03. The van der Waals surface area contributed by atoms with Gasteiger partial charge in [0.2, 0.25) is 0 Å². The van der Waals surface area contributed by atoms with Gasteiger partial charge in [-0.2, -0.15) is 0 Å². The van der Waals surface area contributed by atoms with Gasteiger partial charge >= 0.3 is 0 Å². The van der Waals surface area contributed by atoms with E-state index in [0.29, 0.717) is 17.9 Å². The normalized spacial score (nSPS) is 25.7. The van der Waals surface area contributed by atoms with E-state index in [1.165, 1.54) is 6.42 Å². The first-order chi connectivity index (χ1) is 10.0. The van der Waals surface area contributed by atoms with Gasteiger partial charge in [0.25, 0.3) is 5.91 Å². The van der Waals surface area contributed by atoms with Gasteiger partial charge < -0.3 is 10.2 Å². The van der Waals surface area contributed by atoms with Gasteiger partial charge in [-0.05, 0) is 37.7 Å². The van der Waals surface area contributed by atoms with Crippen molar-refractivity contribution in [3.05, 3.63) is 24.0 Å². The van der Waals surface area contributed by atoms with Crippen LogP contribution in [0.25, 0.3) is 0 Å². The van der Waals surface area contributed by atoms with Gasteiger partial charge in [0.15, 0.2) is 0 Å². The number of carbonyl (C=O) groups excluding carboxylic acids is 1. The number of amides is 1. The van der Waals surface area contributed by atoms with Crippen molar-refractivity contribution in [2.24, 2.45) is 11.8 Å². The molecule has 0 radical (unpaired) electrons. The molecule has 1 aliphatic heterocycles. The predicted octanol–water partition coefficient (Wildman–Crippen LogP) is 3.41. The van der Waals surface area contributed by atoms with Crippen molar-refractivity contribution in [3.8, 4) is 0 Å². The fourth-order valence-electron chi connectivity index (χ4n) is 3.12. The molecular weight excluding hydrogens is 262 g/mol. The van der Waals surface area contributed by atoms with Gasteiger partial charge in [0.05, 0.1) is 17.4 Å². The Morgan fingerprint density at radius 2 is 2.19 bits per heavy atom. The lowest BCUT2D eigenvalue weighted by molar-refractivity contribution is 0.0456. The number of hydrogen-bond donors (Lipinski definition) is 1. The number of nitrogens with zero attached hydrogens (tertiary/aromatic N) is 2. The van der Waals surface area contributed by atoms with E-state index in [1.54, 1.807) is 12.4 Å². The molecule has 3 unspecified atom stereocenters. The summed E-state index contributed by atoms with van der Waals surface area (Å²) in [6, 6.07) is 2.12. The summed E-state index contributed by atoms with van der Waals surface area (Å²) in [4.78, 5) is 19.1. The van der Waals surface area contributed by atoms with E-state index in [9.17, 15) is 4.79 Å². The van der Waals surface area contributed by atoms with Crippen LogP contribution in [0.2, 0.25) is 0 Å². The van der Waals surface area contributed by atoms with Crippen LogP contribution in [-0.4, -0.2) is 34.9 Å². The summed E-state index contributed by atoms with van der Waals surface area (Å²) < 4.78 is 0. The molecule has 1 aliphatic rings. The first kappa shape index (κ1) is 15.8. The average Bonchev–Trinajstić information content (AvgIpc) is 2.48. The second kappa shape index (κ2) is 6.92. The highest BCUT2D eigenvalue weighted by Gasteiger charge is 2.33. The van der Waals surface area contributed by atoms with E-state index in [0.717, 1.165) is 30.8 Å². The number of hydrogen-bond acceptors (Lipinski definition) is 3. The number of carbonyl (C=O) groups is 1. The molecular formula is C17H27N3O. The lowest BCUT2D eigenvalue weighted by Crippen LogP contribution is -2.49. The number of aromatic nitrogens is 1. The largest absolute Gasteiger partial charge is 0.383 e. The van der Waals surface area contributed by atoms with Crippen LogP contribution < -0.4 is 5.32 Å². The number of pyridine rings is 1. The SMILES string of the molecule is CCCNc1cnccc1C(=O)N1CC(C)CC(C)C1C. The Balaban J connectivity index is 2.22. The molecule has 2 heterocycles. The number of likely N-dealkylation sites (tertiary alicyclic amines) is 1. The zero-order valence-corrected chi connectivity index (χ0v) is 13.6. The average molecular weight is 289 g/mol. The van der Waals surface area contributed by atoms with Crippen molar-refractivity contribution in [3.63, 3.8) is 0 Å².